The topological polar surface area (TPSA) is 26.0 Å². The van der Waals surface area contributed by atoms with Crippen molar-refractivity contribution in [3.63, 3.8) is 0 Å². The normalized spacial score (nSPS) is 27.8. The SMILES string of the molecule is CC1=C(C2C=CC(N)=CC2)CCCC1. The molecule has 0 bridgehead atoms. The van der Waals surface area contributed by atoms with Gasteiger partial charge < -0.3 is 5.73 Å². The average Bonchev–Trinajstić information content (AvgIpc) is 2.20. The first-order chi connectivity index (χ1) is 6.77. The summed E-state index contributed by atoms with van der Waals surface area (Å²) in [5.74, 6) is 0.641. The predicted molar refractivity (Wildman–Crippen MR) is 60.7 cm³/mol. The highest BCUT2D eigenvalue weighted by Crippen LogP contribution is 2.33. The quantitative estimate of drug-likeness (QED) is 0.629. The number of allylic oxidation sites excluding steroid dienone is 5. The van der Waals surface area contributed by atoms with E-state index in [1.165, 1.54) is 25.7 Å². The van der Waals surface area contributed by atoms with Gasteiger partial charge in [-0.25, -0.2) is 0 Å². The number of rotatable bonds is 1. The Morgan fingerprint density at radius 1 is 1.29 bits per heavy atom. The van der Waals surface area contributed by atoms with E-state index in [2.05, 4.69) is 25.2 Å². The molecular weight excluding hydrogens is 170 g/mol. The minimum Gasteiger partial charge on any atom is -0.399 e. The highest BCUT2D eigenvalue weighted by atomic mass is 14.6. The molecule has 0 saturated carbocycles. The summed E-state index contributed by atoms with van der Waals surface area (Å²) < 4.78 is 0. The van der Waals surface area contributed by atoms with Crippen LogP contribution in [0.15, 0.2) is 35.1 Å². The molecule has 14 heavy (non-hydrogen) atoms. The highest BCUT2D eigenvalue weighted by Gasteiger charge is 2.17. The fourth-order valence-electron chi connectivity index (χ4n) is 2.48. The van der Waals surface area contributed by atoms with Crippen molar-refractivity contribution in [2.45, 2.75) is 39.0 Å². The highest BCUT2D eigenvalue weighted by molar-refractivity contribution is 5.29. The Bertz CT molecular complexity index is 307. The summed E-state index contributed by atoms with van der Waals surface area (Å²) in [6.07, 6.45) is 12.9. The van der Waals surface area contributed by atoms with E-state index >= 15 is 0 Å². The van der Waals surface area contributed by atoms with Crippen LogP contribution in [-0.4, -0.2) is 0 Å². The van der Waals surface area contributed by atoms with Crippen LogP contribution in [0.1, 0.15) is 39.0 Å². The second kappa shape index (κ2) is 4.04. The van der Waals surface area contributed by atoms with Crippen molar-refractivity contribution in [3.8, 4) is 0 Å². The summed E-state index contributed by atoms with van der Waals surface area (Å²) in [4.78, 5) is 0. The van der Waals surface area contributed by atoms with Crippen LogP contribution in [0.5, 0.6) is 0 Å². The van der Waals surface area contributed by atoms with Crippen molar-refractivity contribution >= 4 is 0 Å². The molecule has 0 spiro atoms. The first-order valence-electron chi connectivity index (χ1n) is 5.59. The van der Waals surface area contributed by atoms with Gasteiger partial charge in [-0.1, -0.05) is 23.3 Å². The summed E-state index contributed by atoms with van der Waals surface area (Å²) >= 11 is 0. The van der Waals surface area contributed by atoms with Gasteiger partial charge in [0, 0.05) is 11.6 Å². The lowest BCUT2D eigenvalue weighted by Gasteiger charge is -2.25. The Balaban J connectivity index is 2.13. The predicted octanol–water partition coefficient (Wildman–Crippen LogP) is 3.30. The van der Waals surface area contributed by atoms with Gasteiger partial charge in [-0.15, -0.1) is 0 Å². The molecule has 76 valence electrons. The molecule has 1 nitrogen and oxygen atoms in total. The number of hydrogen-bond acceptors (Lipinski definition) is 1. The van der Waals surface area contributed by atoms with Crippen LogP contribution in [0.3, 0.4) is 0 Å². The van der Waals surface area contributed by atoms with Crippen molar-refractivity contribution < 1.29 is 0 Å². The van der Waals surface area contributed by atoms with E-state index in [0.717, 1.165) is 12.1 Å². The Morgan fingerprint density at radius 2 is 2.07 bits per heavy atom. The third-order valence-corrected chi connectivity index (χ3v) is 3.37. The second-order valence-electron chi connectivity index (χ2n) is 4.42. The van der Waals surface area contributed by atoms with Gasteiger partial charge in [-0.3, -0.25) is 0 Å². The van der Waals surface area contributed by atoms with Gasteiger partial charge in [0.25, 0.3) is 0 Å². The van der Waals surface area contributed by atoms with Crippen LogP contribution in [-0.2, 0) is 0 Å². The maximum Gasteiger partial charge on any atom is 0.0270 e. The Kier molecular flexibility index (Phi) is 2.76. The molecule has 2 N–H and O–H groups in total. The van der Waals surface area contributed by atoms with E-state index in [1.807, 2.05) is 0 Å². The molecular formula is C13H19N. The summed E-state index contributed by atoms with van der Waals surface area (Å²) in [6.45, 7) is 2.30. The maximum atomic E-state index is 5.72. The van der Waals surface area contributed by atoms with E-state index in [1.54, 1.807) is 11.1 Å². The van der Waals surface area contributed by atoms with E-state index in [9.17, 15) is 0 Å². The summed E-state index contributed by atoms with van der Waals surface area (Å²) in [5.41, 5.74) is 9.95. The van der Waals surface area contributed by atoms with Crippen LogP contribution in [0.2, 0.25) is 0 Å². The minimum atomic E-state index is 0.641. The van der Waals surface area contributed by atoms with Crippen LogP contribution in [0, 0.1) is 5.92 Å². The Labute approximate surface area is 86.4 Å². The van der Waals surface area contributed by atoms with Crippen LogP contribution < -0.4 is 5.73 Å². The average molecular weight is 189 g/mol. The molecule has 0 aliphatic heterocycles. The molecule has 2 rings (SSSR count). The van der Waals surface area contributed by atoms with Crippen molar-refractivity contribution in [3.05, 3.63) is 35.1 Å². The molecule has 0 aromatic heterocycles. The van der Waals surface area contributed by atoms with Crippen LogP contribution >= 0.6 is 0 Å². The molecule has 2 aliphatic carbocycles. The fraction of sp³-hybridized carbons (Fsp3) is 0.538. The number of hydrogen-bond donors (Lipinski definition) is 1. The lowest BCUT2D eigenvalue weighted by atomic mass is 9.81. The zero-order valence-corrected chi connectivity index (χ0v) is 8.92. The maximum absolute atomic E-state index is 5.72. The number of nitrogens with two attached hydrogens (primary N) is 1. The summed E-state index contributed by atoms with van der Waals surface area (Å²) in [7, 11) is 0. The lowest BCUT2D eigenvalue weighted by molar-refractivity contribution is 0.600. The van der Waals surface area contributed by atoms with Gasteiger partial charge in [0.15, 0.2) is 0 Å². The molecule has 0 radical (unpaired) electrons. The first-order valence-corrected chi connectivity index (χ1v) is 5.59. The Morgan fingerprint density at radius 3 is 2.71 bits per heavy atom. The molecule has 0 amide bonds. The lowest BCUT2D eigenvalue weighted by Crippen LogP contribution is -2.10. The molecule has 1 atom stereocenters. The van der Waals surface area contributed by atoms with Crippen molar-refractivity contribution in [2.24, 2.45) is 11.7 Å². The van der Waals surface area contributed by atoms with Gasteiger partial charge in [0.05, 0.1) is 0 Å². The second-order valence-corrected chi connectivity index (χ2v) is 4.42. The van der Waals surface area contributed by atoms with Gasteiger partial charge in [-0.05, 0) is 45.1 Å². The summed E-state index contributed by atoms with van der Waals surface area (Å²) in [6, 6.07) is 0. The standard InChI is InChI=1S/C13H19N/c1-10-4-2-3-5-13(10)11-6-8-12(14)9-7-11/h6,8-9,11H,2-5,7,14H2,1H3. The Hall–Kier alpha value is -0.980. The van der Waals surface area contributed by atoms with Gasteiger partial charge in [0.1, 0.15) is 0 Å². The van der Waals surface area contributed by atoms with Crippen molar-refractivity contribution in [1.82, 2.24) is 0 Å². The van der Waals surface area contributed by atoms with E-state index in [0.29, 0.717) is 5.92 Å². The van der Waals surface area contributed by atoms with Crippen LogP contribution in [0.4, 0.5) is 0 Å². The third-order valence-electron chi connectivity index (χ3n) is 3.37. The first kappa shape index (κ1) is 9.57. The molecule has 0 saturated heterocycles. The zero-order valence-electron chi connectivity index (χ0n) is 8.92. The molecule has 0 heterocycles. The van der Waals surface area contributed by atoms with Crippen molar-refractivity contribution in [1.29, 1.82) is 0 Å². The molecule has 1 unspecified atom stereocenters. The summed E-state index contributed by atoms with van der Waals surface area (Å²) in [5, 5.41) is 0. The smallest absolute Gasteiger partial charge is 0.0270 e. The van der Waals surface area contributed by atoms with Crippen molar-refractivity contribution in [2.75, 3.05) is 0 Å². The zero-order chi connectivity index (χ0) is 9.97. The van der Waals surface area contributed by atoms with Crippen LogP contribution in [0.25, 0.3) is 0 Å². The van der Waals surface area contributed by atoms with E-state index in [-0.39, 0.29) is 0 Å². The van der Waals surface area contributed by atoms with E-state index < -0.39 is 0 Å². The van der Waals surface area contributed by atoms with Gasteiger partial charge >= 0.3 is 0 Å². The largest absolute Gasteiger partial charge is 0.399 e. The monoisotopic (exact) mass is 189 g/mol. The molecule has 0 aromatic rings. The molecule has 2 aliphatic rings. The van der Waals surface area contributed by atoms with E-state index in [4.69, 9.17) is 5.73 Å². The molecule has 1 heteroatoms. The fourth-order valence-corrected chi connectivity index (χ4v) is 2.48. The van der Waals surface area contributed by atoms with Gasteiger partial charge in [-0.2, -0.15) is 0 Å². The van der Waals surface area contributed by atoms with Gasteiger partial charge in [0.2, 0.25) is 0 Å². The minimum absolute atomic E-state index is 0.641. The third kappa shape index (κ3) is 1.92. The molecule has 0 aromatic carbocycles. The molecule has 0 fully saturated rings.